The molecule has 0 aliphatic carbocycles. The van der Waals surface area contributed by atoms with Crippen LogP contribution in [0, 0.1) is 5.82 Å². The van der Waals surface area contributed by atoms with Gasteiger partial charge in [-0.25, -0.2) is 4.39 Å². The molecule has 0 heterocycles. The highest BCUT2D eigenvalue weighted by Crippen LogP contribution is 2.19. The van der Waals surface area contributed by atoms with Crippen molar-refractivity contribution in [1.29, 1.82) is 0 Å². The molecule has 0 saturated heterocycles. The van der Waals surface area contributed by atoms with E-state index in [0.717, 1.165) is 12.0 Å². The average Bonchev–Trinajstić information content (AvgIpc) is 2.37. The van der Waals surface area contributed by atoms with Crippen molar-refractivity contribution in [2.45, 2.75) is 38.6 Å². The van der Waals surface area contributed by atoms with Crippen LogP contribution in [0.4, 0.5) is 4.39 Å². The molecule has 0 amide bonds. The molecule has 0 bridgehead atoms. The third-order valence-electron chi connectivity index (χ3n) is 3.00. The molecule has 1 aromatic rings. The van der Waals surface area contributed by atoms with Gasteiger partial charge in [-0.2, -0.15) is 0 Å². The Morgan fingerprint density at radius 1 is 1.28 bits per heavy atom. The molecule has 2 atom stereocenters. The number of halogens is 1. The molecule has 0 aliphatic rings. The number of benzene rings is 1. The molecule has 2 unspecified atom stereocenters. The molecule has 0 radical (unpaired) electrons. The summed E-state index contributed by atoms with van der Waals surface area (Å²) in [6.45, 7) is 4.05. The first-order valence-electron chi connectivity index (χ1n) is 6.19. The Morgan fingerprint density at radius 3 is 2.44 bits per heavy atom. The summed E-state index contributed by atoms with van der Waals surface area (Å²) in [6, 6.07) is 6.77. The predicted octanol–water partition coefficient (Wildman–Crippen LogP) is 2.87. The Hall–Kier alpha value is -0.970. The van der Waals surface area contributed by atoms with E-state index < -0.39 is 0 Å². The number of methoxy groups -OCH3 is 2. The first-order chi connectivity index (χ1) is 8.62. The molecular weight excluding hydrogens is 233 g/mol. The van der Waals surface area contributed by atoms with Crippen LogP contribution in [0.25, 0.3) is 0 Å². The van der Waals surface area contributed by atoms with Crippen molar-refractivity contribution in [3.05, 3.63) is 35.6 Å². The summed E-state index contributed by atoms with van der Waals surface area (Å²) in [5, 5.41) is 3.40. The van der Waals surface area contributed by atoms with E-state index in [1.54, 1.807) is 26.4 Å². The van der Waals surface area contributed by atoms with Gasteiger partial charge in [0.05, 0.1) is 6.04 Å². The van der Waals surface area contributed by atoms with E-state index in [-0.39, 0.29) is 24.2 Å². The van der Waals surface area contributed by atoms with Crippen LogP contribution < -0.4 is 5.32 Å². The molecule has 4 heteroatoms. The van der Waals surface area contributed by atoms with Crippen molar-refractivity contribution in [3.8, 4) is 0 Å². The Morgan fingerprint density at radius 2 is 1.94 bits per heavy atom. The number of hydrogen-bond acceptors (Lipinski definition) is 3. The molecule has 0 fully saturated rings. The fourth-order valence-electron chi connectivity index (χ4n) is 2.07. The molecule has 0 aromatic heterocycles. The van der Waals surface area contributed by atoms with Gasteiger partial charge in [-0.1, -0.05) is 19.1 Å². The van der Waals surface area contributed by atoms with Gasteiger partial charge in [0.1, 0.15) is 5.82 Å². The monoisotopic (exact) mass is 255 g/mol. The normalized spacial score (nSPS) is 14.8. The lowest BCUT2D eigenvalue weighted by molar-refractivity contribution is -0.121. The smallest absolute Gasteiger partial charge is 0.171 e. The first-order valence-corrected chi connectivity index (χ1v) is 6.19. The molecule has 0 aliphatic heterocycles. The standard InChI is InChI=1S/C14H22FNO2/c1-5-13(11-7-6-8-12(15)9-11)16-10(2)14(17-3)18-4/h6-10,13-14,16H,5H2,1-4H3. The summed E-state index contributed by atoms with van der Waals surface area (Å²) in [7, 11) is 3.21. The van der Waals surface area contributed by atoms with Crippen molar-refractivity contribution < 1.29 is 13.9 Å². The molecule has 0 spiro atoms. The van der Waals surface area contributed by atoms with E-state index in [9.17, 15) is 4.39 Å². The fourth-order valence-corrected chi connectivity index (χ4v) is 2.07. The second-order valence-electron chi connectivity index (χ2n) is 4.31. The Labute approximate surface area is 108 Å². The van der Waals surface area contributed by atoms with Crippen LogP contribution in [0.1, 0.15) is 31.9 Å². The molecule has 0 saturated carbocycles. The van der Waals surface area contributed by atoms with E-state index in [1.165, 1.54) is 6.07 Å². The van der Waals surface area contributed by atoms with E-state index in [0.29, 0.717) is 0 Å². The molecular formula is C14H22FNO2. The number of hydrogen-bond donors (Lipinski definition) is 1. The topological polar surface area (TPSA) is 30.5 Å². The number of ether oxygens (including phenoxy) is 2. The van der Waals surface area contributed by atoms with E-state index in [4.69, 9.17) is 9.47 Å². The van der Waals surface area contributed by atoms with Gasteiger partial charge < -0.3 is 14.8 Å². The van der Waals surface area contributed by atoms with Crippen LogP contribution >= 0.6 is 0 Å². The minimum atomic E-state index is -0.312. The van der Waals surface area contributed by atoms with Crippen LogP contribution in [0.5, 0.6) is 0 Å². The molecule has 1 N–H and O–H groups in total. The van der Waals surface area contributed by atoms with Crippen LogP contribution in [0.2, 0.25) is 0 Å². The summed E-state index contributed by atoms with van der Waals surface area (Å²) in [5.41, 5.74) is 0.940. The molecule has 18 heavy (non-hydrogen) atoms. The minimum Gasteiger partial charge on any atom is -0.354 e. The SMILES string of the molecule is CCC(NC(C)C(OC)OC)c1cccc(F)c1. The molecule has 102 valence electrons. The van der Waals surface area contributed by atoms with Gasteiger partial charge in [-0.3, -0.25) is 0 Å². The average molecular weight is 255 g/mol. The van der Waals surface area contributed by atoms with Gasteiger partial charge in [0.15, 0.2) is 6.29 Å². The number of nitrogens with one attached hydrogen (secondary N) is 1. The molecule has 1 aromatic carbocycles. The third-order valence-corrected chi connectivity index (χ3v) is 3.00. The lowest BCUT2D eigenvalue weighted by Crippen LogP contribution is -2.41. The number of rotatable bonds is 7. The summed E-state index contributed by atoms with van der Waals surface area (Å²) < 4.78 is 23.6. The molecule has 3 nitrogen and oxygen atoms in total. The predicted molar refractivity (Wildman–Crippen MR) is 69.8 cm³/mol. The third kappa shape index (κ3) is 4.05. The largest absolute Gasteiger partial charge is 0.354 e. The van der Waals surface area contributed by atoms with Crippen LogP contribution in [0.15, 0.2) is 24.3 Å². The van der Waals surface area contributed by atoms with Crippen LogP contribution in [0.3, 0.4) is 0 Å². The highest BCUT2D eigenvalue weighted by atomic mass is 19.1. The van der Waals surface area contributed by atoms with Crippen molar-refractivity contribution in [1.82, 2.24) is 5.32 Å². The Balaban J connectivity index is 2.72. The van der Waals surface area contributed by atoms with Gasteiger partial charge in [0.25, 0.3) is 0 Å². The summed E-state index contributed by atoms with van der Waals surface area (Å²) in [6.07, 6.45) is 0.557. The van der Waals surface area contributed by atoms with Gasteiger partial charge in [-0.15, -0.1) is 0 Å². The van der Waals surface area contributed by atoms with Crippen LogP contribution in [-0.2, 0) is 9.47 Å². The van der Waals surface area contributed by atoms with Gasteiger partial charge in [-0.05, 0) is 31.0 Å². The van der Waals surface area contributed by atoms with Crippen molar-refractivity contribution in [2.75, 3.05) is 14.2 Å². The van der Waals surface area contributed by atoms with Crippen molar-refractivity contribution >= 4 is 0 Å². The summed E-state index contributed by atoms with van der Waals surface area (Å²) in [4.78, 5) is 0. The Kier molecular flexibility index (Phi) is 6.25. The zero-order valence-electron chi connectivity index (χ0n) is 11.4. The maximum Gasteiger partial charge on any atom is 0.171 e. The molecule has 1 rings (SSSR count). The van der Waals surface area contributed by atoms with Gasteiger partial charge in [0.2, 0.25) is 0 Å². The lowest BCUT2D eigenvalue weighted by Gasteiger charge is -2.27. The quantitative estimate of drug-likeness (QED) is 0.760. The van der Waals surface area contributed by atoms with E-state index >= 15 is 0 Å². The first kappa shape index (κ1) is 15.1. The Bertz CT molecular complexity index is 355. The summed E-state index contributed by atoms with van der Waals surface area (Å²) in [5.74, 6) is -0.213. The zero-order valence-corrected chi connectivity index (χ0v) is 11.4. The van der Waals surface area contributed by atoms with Crippen LogP contribution in [-0.4, -0.2) is 26.6 Å². The maximum absolute atomic E-state index is 13.2. The minimum absolute atomic E-state index is 0.0215. The fraction of sp³-hybridized carbons (Fsp3) is 0.571. The second kappa shape index (κ2) is 7.46. The highest BCUT2D eigenvalue weighted by Gasteiger charge is 2.20. The maximum atomic E-state index is 13.2. The highest BCUT2D eigenvalue weighted by molar-refractivity contribution is 5.20. The lowest BCUT2D eigenvalue weighted by atomic mass is 10.0. The van der Waals surface area contributed by atoms with Crippen molar-refractivity contribution in [3.63, 3.8) is 0 Å². The van der Waals surface area contributed by atoms with E-state index in [1.807, 2.05) is 13.0 Å². The zero-order chi connectivity index (χ0) is 13.5. The van der Waals surface area contributed by atoms with Crippen molar-refractivity contribution in [2.24, 2.45) is 0 Å². The second-order valence-corrected chi connectivity index (χ2v) is 4.31. The van der Waals surface area contributed by atoms with Gasteiger partial charge >= 0.3 is 0 Å². The van der Waals surface area contributed by atoms with E-state index in [2.05, 4.69) is 12.2 Å². The summed E-state index contributed by atoms with van der Waals surface area (Å²) >= 11 is 0. The van der Waals surface area contributed by atoms with Gasteiger partial charge in [0, 0.05) is 20.3 Å².